The van der Waals surface area contributed by atoms with Crippen molar-refractivity contribution in [1.29, 1.82) is 0 Å². The highest BCUT2D eigenvalue weighted by Crippen LogP contribution is 2.24. The number of carboxylic acid groups (broad SMARTS) is 1. The third-order valence-electron chi connectivity index (χ3n) is 4.49. The highest BCUT2D eigenvalue weighted by molar-refractivity contribution is 5.76. The minimum absolute atomic E-state index is 0.415. The zero-order chi connectivity index (χ0) is 21.7. The van der Waals surface area contributed by atoms with Crippen molar-refractivity contribution < 1.29 is 23.8 Å². The van der Waals surface area contributed by atoms with Gasteiger partial charge in [0.15, 0.2) is 5.60 Å². The first-order valence-electron chi connectivity index (χ1n) is 9.47. The number of carboxylic acids is 1. The molecule has 3 aromatic rings. The van der Waals surface area contributed by atoms with E-state index in [1.165, 1.54) is 13.8 Å². The lowest BCUT2D eigenvalue weighted by molar-refractivity contribution is -0.152. The molecule has 6 heteroatoms. The molecule has 3 rings (SSSR count). The van der Waals surface area contributed by atoms with Crippen LogP contribution in [0.25, 0.3) is 11.5 Å². The standard InChI is InChI=1S/C24H23NO5/c1-5-17-7-6-8-18(15-17)22-25-21(16(2)29-22)13-14-28-19-9-11-20(12-10-19)30-24(3,4)23(26)27/h1,6-12,15H,13-14H2,2-4H3,(H,26,27). The van der Waals surface area contributed by atoms with Crippen LogP contribution in [-0.4, -0.2) is 28.3 Å². The smallest absolute Gasteiger partial charge is 0.347 e. The van der Waals surface area contributed by atoms with Gasteiger partial charge >= 0.3 is 5.97 Å². The van der Waals surface area contributed by atoms with Crippen molar-refractivity contribution in [1.82, 2.24) is 4.98 Å². The fourth-order valence-corrected chi connectivity index (χ4v) is 2.73. The summed E-state index contributed by atoms with van der Waals surface area (Å²) in [5.41, 5.74) is 1.12. The molecule has 1 N–H and O–H groups in total. The highest BCUT2D eigenvalue weighted by atomic mass is 16.5. The number of nitrogens with zero attached hydrogens (tertiary/aromatic N) is 1. The summed E-state index contributed by atoms with van der Waals surface area (Å²) in [5, 5.41) is 9.13. The average Bonchev–Trinajstić information content (AvgIpc) is 3.10. The van der Waals surface area contributed by atoms with Crippen molar-refractivity contribution in [2.45, 2.75) is 32.8 Å². The van der Waals surface area contributed by atoms with Crippen molar-refractivity contribution in [2.24, 2.45) is 0 Å². The van der Waals surface area contributed by atoms with E-state index in [-0.39, 0.29) is 0 Å². The van der Waals surface area contributed by atoms with Crippen LogP contribution in [0.1, 0.15) is 30.9 Å². The predicted molar refractivity (Wildman–Crippen MR) is 113 cm³/mol. The first kappa shape index (κ1) is 21.0. The molecule has 0 bridgehead atoms. The van der Waals surface area contributed by atoms with E-state index in [9.17, 15) is 4.79 Å². The number of ether oxygens (including phenoxy) is 2. The summed E-state index contributed by atoms with van der Waals surface area (Å²) in [6.07, 6.45) is 6.03. The second kappa shape index (κ2) is 8.75. The summed E-state index contributed by atoms with van der Waals surface area (Å²) in [6.45, 7) is 5.28. The molecule has 30 heavy (non-hydrogen) atoms. The Bertz CT molecular complexity index is 1070. The Morgan fingerprint density at radius 3 is 2.57 bits per heavy atom. The van der Waals surface area contributed by atoms with E-state index in [0.717, 1.165) is 22.6 Å². The summed E-state index contributed by atoms with van der Waals surface area (Å²) >= 11 is 0. The van der Waals surface area contributed by atoms with E-state index < -0.39 is 11.6 Å². The van der Waals surface area contributed by atoms with Crippen LogP contribution >= 0.6 is 0 Å². The monoisotopic (exact) mass is 405 g/mol. The van der Waals surface area contributed by atoms with Crippen molar-refractivity contribution in [3.05, 3.63) is 65.5 Å². The first-order valence-corrected chi connectivity index (χ1v) is 9.47. The molecule has 0 aliphatic rings. The van der Waals surface area contributed by atoms with Gasteiger partial charge in [0.25, 0.3) is 0 Å². The lowest BCUT2D eigenvalue weighted by Gasteiger charge is -2.21. The fraction of sp³-hybridized carbons (Fsp3) is 0.250. The van der Waals surface area contributed by atoms with Crippen LogP contribution in [-0.2, 0) is 11.2 Å². The van der Waals surface area contributed by atoms with Crippen LogP contribution in [0.5, 0.6) is 11.5 Å². The van der Waals surface area contributed by atoms with Crippen LogP contribution in [0.15, 0.2) is 52.9 Å². The van der Waals surface area contributed by atoms with Gasteiger partial charge in [-0.05, 0) is 63.2 Å². The lowest BCUT2D eigenvalue weighted by Crippen LogP contribution is -2.37. The molecule has 0 radical (unpaired) electrons. The molecular weight excluding hydrogens is 382 g/mol. The zero-order valence-corrected chi connectivity index (χ0v) is 17.1. The Balaban J connectivity index is 1.58. The van der Waals surface area contributed by atoms with Gasteiger partial charge in [0.05, 0.1) is 12.3 Å². The van der Waals surface area contributed by atoms with E-state index >= 15 is 0 Å². The number of aryl methyl sites for hydroxylation is 1. The van der Waals surface area contributed by atoms with Crippen molar-refractivity contribution in [3.8, 4) is 35.3 Å². The van der Waals surface area contributed by atoms with E-state index in [1.54, 1.807) is 24.3 Å². The Morgan fingerprint density at radius 2 is 1.90 bits per heavy atom. The van der Waals surface area contributed by atoms with Crippen LogP contribution in [0.4, 0.5) is 0 Å². The average molecular weight is 405 g/mol. The largest absolute Gasteiger partial charge is 0.493 e. The third kappa shape index (κ3) is 5.00. The maximum Gasteiger partial charge on any atom is 0.347 e. The molecule has 1 heterocycles. The van der Waals surface area contributed by atoms with E-state index in [1.807, 2.05) is 31.2 Å². The molecule has 0 spiro atoms. The van der Waals surface area contributed by atoms with Crippen molar-refractivity contribution in [3.63, 3.8) is 0 Å². The minimum atomic E-state index is -1.30. The van der Waals surface area contributed by atoms with Gasteiger partial charge in [-0.1, -0.05) is 12.0 Å². The molecule has 0 saturated carbocycles. The van der Waals surface area contributed by atoms with Gasteiger partial charge in [0, 0.05) is 17.5 Å². The molecule has 0 saturated heterocycles. The van der Waals surface area contributed by atoms with Gasteiger partial charge < -0.3 is 19.0 Å². The number of terminal acetylenes is 1. The molecule has 0 atom stereocenters. The third-order valence-corrected chi connectivity index (χ3v) is 4.49. The van der Waals surface area contributed by atoms with Gasteiger partial charge in [0.1, 0.15) is 17.3 Å². The number of benzene rings is 2. The molecule has 0 amide bonds. The summed E-state index contributed by atoms with van der Waals surface area (Å²) in [4.78, 5) is 15.7. The van der Waals surface area contributed by atoms with Crippen LogP contribution < -0.4 is 9.47 Å². The van der Waals surface area contributed by atoms with E-state index in [2.05, 4.69) is 10.9 Å². The Labute approximate surface area is 175 Å². The van der Waals surface area contributed by atoms with Gasteiger partial charge in [0.2, 0.25) is 5.89 Å². The molecule has 6 nitrogen and oxygen atoms in total. The molecule has 2 aromatic carbocycles. The number of aromatic nitrogens is 1. The van der Waals surface area contributed by atoms with Crippen LogP contribution in [0, 0.1) is 19.3 Å². The highest BCUT2D eigenvalue weighted by Gasteiger charge is 2.29. The Kier molecular flexibility index (Phi) is 6.12. The first-order chi connectivity index (χ1) is 14.3. The Morgan fingerprint density at radius 1 is 1.20 bits per heavy atom. The quantitative estimate of drug-likeness (QED) is 0.556. The van der Waals surface area contributed by atoms with Crippen molar-refractivity contribution >= 4 is 5.97 Å². The minimum Gasteiger partial charge on any atom is -0.493 e. The number of rotatable bonds is 8. The number of hydrogen-bond donors (Lipinski definition) is 1. The van der Waals surface area contributed by atoms with E-state index in [4.69, 9.17) is 25.4 Å². The SMILES string of the molecule is C#Cc1cccc(-c2nc(CCOc3ccc(OC(C)(C)C(=O)O)cc3)c(C)o2)c1. The number of aliphatic carboxylic acids is 1. The molecule has 0 aliphatic heterocycles. The second-order valence-electron chi connectivity index (χ2n) is 7.23. The van der Waals surface area contributed by atoms with Crippen LogP contribution in [0.3, 0.4) is 0 Å². The molecule has 154 valence electrons. The normalized spacial score (nSPS) is 11.0. The van der Waals surface area contributed by atoms with Gasteiger partial charge in [-0.3, -0.25) is 0 Å². The zero-order valence-electron chi connectivity index (χ0n) is 17.1. The summed E-state index contributed by atoms with van der Waals surface area (Å²) in [5.74, 6) is 3.95. The fourth-order valence-electron chi connectivity index (χ4n) is 2.73. The summed E-state index contributed by atoms with van der Waals surface area (Å²) < 4.78 is 17.0. The summed E-state index contributed by atoms with van der Waals surface area (Å²) in [7, 11) is 0. The second-order valence-corrected chi connectivity index (χ2v) is 7.23. The van der Waals surface area contributed by atoms with E-state index in [0.29, 0.717) is 30.4 Å². The lowest BCUT2D eigenvalue weighted by atomic mass is 10.1. The Hall–Kier alpha value is -3.72. The molecule has 0 fully saturated rings. The number of carbonyl (C=O) groups is 1. The maximum atomic E-state index is 11.1. The maximum absolute atomic E-state index is 11.1. The van der Waals surface area contributed by atoms with Gasteiger partial charge in [-0.15, -0.1) is 6.42 Å². The number of oxazole rings is 1. The molecular formula is C24H23NO5. The van der Waals surface area contributed by atoms with Crippen LogP contribution in [0.2, 0.25) is 0 Å². The predicted octanol–water partition coefficient (Wildman–Crippen LogP) is 4.49. The number of hydrogen-bond acceptors (Lipinski definition) is 5. The van der Waals surface area contributed by atoms with Gasteiger partial charge in [-0.2, -0.15) is 0 Å². The summed E-state index contributed by atoms with van der Waals surface area (Å²) in [6, 6.07) is 14.3. The van der Waals surface area contributed by atoms with Gasteiger partial charge in [-0.25, -0.2) is 9.78 Å². The topological polar surface area (TPSA) is 81.8 Å². The molecule has 1 aromatic heterocycles. The molecule has 0 unspecified atom stereocenters. The molecule has 0 aliphatic carbocycles. The van der Waals surface area contributed by atoms with Crippen molar-refractivity contribution in [2.75, 3.05) is 6.61 Å².